The van der Waals surface area contributed by atoms with Gasteiger partial charge >= 0.3 is 0 Å². The van der Waals surface area contributed by atoms with Crippen molar-refractivity contribution >= 4 is 21.1 Å². The molecule has 1 fully saturated rings. The quantitative estimate of drug-likeness (QED) is 0.660. The first-order chi connectivity index (χ1) is 13.6. The van der Waals surface area contributed by atoms with Gasteiger partial charge in [-0.2, -0.15) is 10.4 Å². The number of fused-ring (bicyclic) bond motifs is 1. The Morgan fingerprint density at radius 3 is 2.68 bits per heavy atom. The van der Waals surface area contributed by atoms with Crippen LogP contribution in [0, 0.1) is 11.3 Å². The number of nitriles is 1. The van der Waals surface area contributed by atoms with E-state index in [0.717, 1.165) is 11.4 Å². The van der Waals surface area contributed by atoms with E-state index in [0.29, 0.717) is 47.2 Å². The maximum atomic E-state index is 12.3. The second-order valence-electron chi connectivity index (χ2n) is 6.35. The number of nitrogens with zero attached hydrogens (tertiary/aromatic N) is 7. The maximum absolute atomic E-state index is 12.3. The van der Waals surface area contributed by atoms with E-state index in [2.05, 4.69) is 30.4 Å². The van der Waals surface area contributed by atoms with Crippen LogP contribution in [-0.2, 0) is 9.73 Å². The van der Waals surface area contributed by atoms with Gasteiger partial charge in [0, 0.05) is 53.1 Å². The molecule has 4 rings (SSSR count). The molecule has 10 heteroatoms. The second kappa shape index (κ2) is 7.09. The van der Waals surface area contributed by atoms with Gasteiger partial charge in [0.25, 0.3) is 0 Å². The first kappa shape index (κ1) is 18.2. The van der Waals surface area contributed by atoms with Gasteiger partial charge in [-0.05, 0) is 12.1 Å². The van der Waals surface area contributed by atoms with Crippen molar-refractivity contribution in [2.24, 2.45) is 4.36 Å². The molecule has 4 heterocycles. The lowest BCUT2D eigenvalue weighted by Gasteiger charge is -2.29. The minimum Gasteiger partial charge on any atom is -0.480 e. The Bertz CT molecular complexity index is 1170. The zero-order valence-electron chi connectivity index (χ0n) is 15.6. The number of aromatic nitrogens is 4. The predicted octanol–water partition coefficient (Wildman–Crippen LogP) is 1.59. The maximum Gasteiger partial charge on any atom is 0.232 e. The van der Waals surface area contributed by atoms with E-state index in [1.807, 2.05) is 12.1 Å². The summed E-state index contributed by atoms with van der Waals surface area (Å²) in [6, 6.07) is 5.96. The molecule has 0 spiro atoms. The third-order valence-corrected chi connectivity index (χ3v) is 7.15. The molecule has 0 N–H and O–H groups in total. The molecule has 0 radical (unpaired) electrons. The summed E-state index contributed by atoms with van der Waals surface area (Å²) in [5.41, 5.74) is 2.39. The predicted molar refractivity (Wildman–Crippen MR) is 106 cm³/mol. The minimum atomic E-state index is -2.06. The summed E-state index contributed by atoms with van der Waals surface area (Å²) >= 11 is 0. The Kier molecular flexibility index (Phi) is 4.60. The van der Waals surface area contributed by atoms with Crippen LogP contribution in [0.5, 0.6) is 5.88 Å². The zero-order valence-corrected chi connectivity index (χ0v) is 16.4. The van der Waals surface area contributed by atoms with Gasteiger partial charge in [0.15, 0.2) is 0 Å². The van der Waals surface area contributed by atoms with Crippen LogP contribution in [0.4, 0.5) is 5.82 Å². The first-order valence-electron chi connectivity index (χ1n) is 8.71. The van der Waals surface area contributed by atoms with Crippen LogP contribution in [0.2, 0.25) is 0 Å². The SMILES string of the molecule is CN=S1(=O)CCN(c2ccc(-c3nc(OC)cn4ncc(C#N)c34)cn2)CC1. The summed E-state index contributed by atoms with van der Waals surface area (Å²) < 4.78 is 23.2. The van der Waals surface area contributed by atoms with Gasteiger partial charge in [-0.15, -0.1) is 0 Å². The van der Waals surface area contributed by atoms with Crippen LogP contribution in [0.25, 0.3) is 16.8 Å². The number of rotatable bonds is 3. The molecular weight excluding hydrogens is 378 g/mol. The normalized spacial score (nSPS) is 16.0. The van der Waals surface area contributed by atoms with Gasteiger partial charge in [0.1, 0.15) is 28.7 Å². The van der Waals surface area contributed by atoms with Crippen molar-refractivity contribution in [3.63, 3.8) is 0 Å². The van der Waals surface area contributed by atoms with E-state index in [-0.39, 0.29) is 0 Å². The Labute approximate surface area is 162 Å². The van der Waals surface area contributed by atoms with E-state index in [1.165, 1.54) is 13.3 Å². The molecule has 9 nitrogen and oxygen atoms in total. The summed E-state index contributed by atoms with van der Waals surface area (Å²) in [5.74, 6) is 2.31. The summed E-state index contributed by atoms with van der Waals surface area (Å²) in [4.78, 5) is 11.2. The fraction of sp³-hybridized carbons (Fsp3) is 0.333. The average molecular weight is 397 g/mol. The van der Waals surface area contributed by atoms with Crippen molar-refractivity contribution in [3.8, 4) is 23.2 Å². The molecule has 0 aliphatic carbocycles. The highest BCUT2D eigenvalue weighted by atomic mass is 32.2. The Hall–Kier alpha value is -3.19. The lowest BCUT2D eigenvalue weighted by molar-refractivity contribution is 0.395. The van der Waals surface area contributed by atoms with Gasteiger partial charge < -0.3 is 9.64 Å². The van der Waals surface area contributed by atoms with E-state index < -0.39 is 9.73 Å². The first-order valence-corrected chi connectivity index (χ1v) is 10.6. The Morgan fingerprint density at radius 2 is 2.07 bits per heavy atom. The van der Waals surface area contributed by atoms with Crippen molar-refractivity contribution in [1.82, 2.24) is 19.6 Å². The van der Waals surface area contributed by atoms with E-state index >= 15 is 0 Å². The highest BCUT2D eigenvalue weighted by Gasteiger charge is 2.21. The van der Waals surface area contributed by atoms with Crippen LogP contribution >= 0.6 is 0 Å². The van der Waals surface area contributed by atoms with Crippen LogP contribution < -0.4 is 9.64 Å². The van der Waals surface area contributed by atoms with Crippen molar-refractivity contribution < 1.29 is 8.95 Å². The minimum absolute atomic E-state index is 0.397. The smallest absolute Gasteiger partial charge is 0.232 e. The third-order valence-electron chi connectivity index (χ3n) is 4.84. The molecule has 1 aliphatic rings. The second-order valence-corrected chi connectivity index (χ2v) is 9.08. The van der Waals surface area contributed by atoms with Crippen LogP contribution in [0.1, 0.15) is 5.56 Å². The standard InChI is InChI=1S/C18H19N7O2S/c1-20-28(26)7-5-24(6-8-28)15-4-3-13(10-21-15)17-18-14(9-19)11-22-25(18)12-16(23-17)27-2/h3-4,10-12H,5-8H2,1-2H3. The molecule has 0 amide bonds. The fourth-order valence-electron chi connectivity index (χ4n) is 3.22. The molecule has 3 aromatic rings. The molecule has 0 bridgehead atoms. The highest BCUT2D eigenvalue weighted by molar-refractivity contribution is 7.93. The summed E-state index contributed by atoms with van der Waals surface area (Å²) in [5, 5.41) is 13.6. The Balaban J connectivity index is 1.69. The molecule has 0 aromatic carbocycles. The summed E-state index contributed by atoms with van der Waals surface area (Å²) in [7, 11) is 1.09. The fourth-order valence-corrected chi connectivity index (χ4v) is 4.80. The van der Waals surface area contributed by atoms with Gasteiger partial charge in [-0.3, -0.25) is 0 Å². The highest BCUT2D eigenvalue weighted by Crippen LogP contribution is 2.28. The topological polar surface area (TPSA) is 109 Å². The van der Waals surface area contributed by atoms with E-state index in [9.17, 15) is 9.47 Å². The number of ether oxygens (including phenoxy) is 1. The molecule has 28 heavy (non-hydrogen) atoms. The number of methoxy groups -OCH3 is 1. The van der Waals surface area contributed by atoms with Crippen LogP contribution in [0.3, 0.4) is 0 Å². The number of pyridine rings is 1. The van der Waals surface area contributed by atoms with Crippen molar-refractivity contribution in [2.75, 3.05) is 43.7 Å². The number of anilines is 1. The molecular formula is C18H19N7O2S. The summed E-state index contributed by atoms with van der Waals surface area (Å²) in [6.07, 6.45) is 4.86. The molecule has 0 atom stereocenters. The van der Waals surface area contributed by atoms with Crippen LogP contribution in [-0.4, -0.2) is 62.5 Å². The van der Waals surface area contributed by atoms with Crippen LogP contribution in [0.15, 0.2) is 35.1 Å². The largest absolute Gasteiger partial charge is 0.480 e. The lowest BCUT2D eigenvalue weighted by Crippen LogP contribution is -2.40. The van der Waals surface area contributed by atoms with E-state index in [4.69, 9.17) is 4.74 Å². The molecule has 1 saturated heterocycles. The average Bonchev–Trinajstić information content (AvgIpc) is 3.17. The molecule has 3 aromatic heterocycles. The van der Waals surface area contributed by atoms with Gasteiger partial charge in [-0.1, -0.05) is 0 Å². The van der Waals surface area contributed by atoms with Crippen molar-refractivity contribution in [2.45, 2.75) is 0 Å². The Morgan fingerprint density at radius 1 is 1.29 bits per heavy atom. The molecule has 0 unspecified atom stereocenters. The third kappa shape index (κ3) is 3.14. The van der Waals surface area contributed by atoms with Gasteiger partial charge in [0.05, 0.1) is 19.5 Å². The number of hydrogen-bond acceptors (Lipinski definition) is 8. The summed E-state index contributed by atoms with van der Waals surface area (Å²) in [6.45, 7) is 1.32. The monoisotopic (exact) mass is 397 g/mol. The molecule has 1 aliphatic heterocycles. The molecule has 144 valence electrons. The van der Waals surface area contributed by atoms with Crippen molar-refractivity contribution in [3.05, 3.63) is 36.3 Å². The lowest BCUT2D eigenvalue weighted by atomic mass is 10.1. The van der Waals surface area contributed by atoms with Gasteiger partial charge in [-0.25, -0.2) is 23.1 Å². The molecule has 0 saturated carbocycles. The number of hydrogen-bond donors (Lipinski definition) is 0. The van der Waals surface area contributed by atoms with E-state index in [1.54, 1.807) is 24.0 Å². The zero-order chi connectivity index (χ0) is 19.7. The van der Waals surface area contributed by atoms with Crippen molar-refractivity contribution in [1.29, 1.82) is 5.26 Å². The van der Waals surface area contributed by atoms with Gasteiger partial charge in [0.2, 0.25) is 5.88 Å².